The molecule has 1 N–H and O–H groups in total. The quantitative estimate of drug-likeness (QED) is 0.321. The molecule has 4 rings (SSSR count). The molecule has 35 heavy (non-hydrogen) atoms. The number of nitrogens with one attached hydrogen (secondary N) is 1. The Morgan fingerprint density at radius 2 is 1.77 bits per heavy atom. The molecule has 0 aliphatic heterocycles. The van der Waals surface area contributed by atoms with Crippen LogP contribution < -0.4 is 10.1 Å². The van der Waals surface area contributed by atoms with Gasteiger partial charge in [-0.25, -0.2) is 25.6 Å². The van der Waals surface area contributed by atoms with Crippen LogP contribution in [0, 0.1) is 17.5 Å². The fraction of sp³-hybridized carbons (Fsp3) is 0.120. The number of halogens is 4. The maximum Gasteiger partial charge on any atom is 0.268 e. The van der Waals surface area contributed by atoms with E-state index in [-0.39, 0.29) is 39.1 Å². The first kappa shape index (κ1) is 24.8. The van der Waals surface area contributed by atoms with Crippen molar-refractivity contribution in [1.29, 1.82) is 0 Å². The summed E-state index contributed by atoms with van der Waals surface area (Å²) in [5.41, 5.74) is 0.722. The summed E-state index contributed by atoms with van der Waals surface area (Å²) in [7, 11) is -2.39. The van der Waals surface area contributed by atoms with Crippen LogP contribution in [0.5, 0.6) is 5.75 Å². The van der Waals surface area contributed by atoms with Gasteiger partial charge in [0, 0.05) is 35.0 Å². The van der Waals surface area contributed by atoms with Crippen LogP contribution in [0.4, 0.5) is 13.2 Å². The van der Waals surface area contributed by atoms with Crippen molar-refractivity contribution >= 4 is 21.6 Å². The predicted molar refractivity (Wildman–Crippen MR) is 127 cm³/mol. The van der Waals surface area contributed by atoms with Crippen LogP contribution in [0.25, 0.3) is 11.3 Å². The van der Waals surface area contributed by atoms with Gasteiger partial charge >= 0.3 is 0 Å². The second-order valence-electron chi connectivity index (χ2n) is 7.69. The maximum absolute atomic E-state index is 15.2. The molecule has 0 spiro atoms. The smallest absolute Gasteiger partial charge is 0.268 e. The van der Waals surface area contributed by atoms with E-state index in [4.69, 9.17) is 16.3 Å². The standard InChI is InChI=1S/C25H20ClF3N2O3S/c1-30-13-16-9-25(31(14-16)35(32,33)21-4-2-3-18(26)11-21)22-7-6-20(12-24(22)29)34-15-17-10-19(27)5-8-23(17)28/h2-12,14,30H,13,15H2,1H3. The maximum atomic E-state index is 15.2. The number of hydrogen-bond acceptors (Lipinski definition) is 4. The number of aromatic nitrogens is 1. The van der Waals surface area contributed by atoms with E-state index >= 15 is 4.39 Å². The van der Waals surface area contributed by atoms with Crippen molar-refractivity contribution in [2.45, 2.75) is 18.0 Å². The van der Waals surface area contributed by atoms with Crippen molar-refractivity contribution in [2.75, 3.05) is 7.05 Å². The summed E-state index contributed by atoms with van der Waals surface area (Å²) >= 11 is 5.98. The van der Waals surface area contributed by atoms with E-state index in [0.717, 1.165) is 28.2 Å². The molecule has 1 heterocycles. The topological polar surface area (TPSA) is 60.3 Å². The molecule has 10 heteroatoms. The van der Waals surface area contributed by atoms with E-state index < -0.39 is 27.5 Å². The molecule has 0 radical (unpaired) electrons. The zero-order valence-corrected chi connectivity index (χ0v) is 20.0. The zero-order chi connectivity index (χ0) is 25.2. The lowest BCUT2D eigenvalue weighted by Gasteiger charge is -2.13. The summed E-state index contributed by atoms with van der Waals surface area (Å²) in [5.74, 6) is -1.95. The molecule has 182 valence electrons. The van der Waals surface area contributed by atoms with Crippen LogP contribution in [0.15, 0.2) is 77.8 Å². The van der Waals surface area contributed by atoms with Crippen LogP contribution in [0.1, 0.15) is 11.1 Å². The van der Waals surface area contributed by atoms with Gasteiger partial charge in [-0.15, -0.1) is 0 Å². The first-order chi connectivity index (χ1) is 16.7. The number of ether oxygens (including phenoxy) is 1. The molecule has 3 aromatic carbocycles. The average molecular weight is 521 g/mol. The predicted octanol–water partition coefficient (Wildman–Crippen LogP) is 5.76. The van der Waals surface area contributed by atoms with Gasteiger partial charge in [0.1, 0.15) is 29.8 Å². The van der Waals surface area contributed by atoms with Crippen molar-refractivity contribution in [3.8, 4) is 17.0 Å². The molecule has 0 unspecified atom stereocenters. The van der Waals surface area contributed by atoms with E-state index in [1.807, 2.05) is 0 Å². The van der Waals surface area contributed by atoms with Gasteiger partial charge in [0.05, 0.1) is 10.6 Å². The molecule has 0 amide bonds. The molecule has 0 fully saturated rings. The van der Waals surface area contributed by atoms with E-state index in [1.165, 1.54) is 36.5 Å². The fourth-order valence-electron chi connectivity index (χ4n) is 3.54. The Labute approximate surface area is 205 Å². The molecule has 5 nitrogen and oxygen atoms in total. The normalized spacial score (nSPS) is 11.6. The van der Waals surface area contributed by atoms with Gasteiger partial charge in [-0.3, -0.25) is 0 Å². The first-order valence-electron chi connectivity index (χ1n) is 10.4. The van der Waals surface area contributed by atoms with Crippen molar-refractivity contribution in [3.63, 3.8) is 0 Å². The summed E-state index contributed by atoms with van der Waals surface area (Å²) in [6, 6.07) is 14.2. The first-order valence-corrected chi connectivity index (χ1v) is 12.2. The van der Waals surface area contributed by atoms with Crippen LogP contribution >= 0.6 is 11.6 Å². The van der Waals surface area contributed by atoms with E-state index in [2.05, 4.69) is 5.32 Å². The monoisotopic (exact) mass is 520 g/mol. The molecular weight excluding hydrogens is 501 g/mol. The summed E-state index contributed by atoms with van der Waals surface area (Å²) in [4.78, 5) is -0.0460. The summed E-state index contributed by atoms with van der Waals surface area (Å²) < 4.78 is 75.5. The molecule has 0 atom stereocenters. The molecule has 0 aliphatic rings. The van der Waals surface area contributed by atoms with E-state index in [9.17, 15) is 17.2 Å². The summed E-state index contributed by atoms with van der Waals surface area (Å²) in [6.45, 7) is 0.0430. The minimum Gasteiger partial charge on any atom is -0.489 e. The van der Waals surface area contributed by atoms with E-state index in [1.54, 1.807) is 19.2 Å². The lowest BCUT2D eigenvalue weighted by atomic mass is 10.1. The SMILES string of the molecule is CNCc1cc(-c2ccc(OCc3cc(F)ccc3F)cc2F)n(S(=O)(=O)c2cccc(Cl)c2)c1. The lowest BCUT2D eigenvalue weighted by Crippen LogP contribution is -2.14. The highest BCUT2D eigenvalue weighted by atomic mass is 35.5. The molecule has 0 saturated heterocycles. The minimum atomic E-state index is -4.09. The molecular formula is C25H20ClF3N2O3S. The largest absolute Gasteiger partial charge is 0.489 e. The van der Waals surface area contributed by atoms with Gasteiger partial charge in [-0.1, -0.05) is 17.7 Å². The highest BCUT2D eigenvalue weighted by Gasteiger charge is 2.24. The third-order valence-corrected chi connectivity index (χ3v) is 7.10. The van der Waals surface area contributed by atoms with Crippen molar-refractivity contribution in [3.05, 3.63) is 107 Å². The van der Waals surface area contributed by atoms with Gasteiger partial charge < -0.3 is 10.1 Å². The van der Waals surface area contributed by atoms with E-state index in [0.29, 0.717) is 12.1 Å². The molecule has 0 bridgehead atoms. The second-order valence-corrected chi connectivity index (χ2v) is 9.94. The molecule has 0 saturated carbocycles. The molecule has 1 aromatic heterocycles. The van der Waals surface area contributed by atoms with Crippen molar-refractivity contribution < 1.29 is 26.3 Å². The van der Waals surface area contributed by atoms with Gasteiger partial charge in [0.25, 0.3) is 10.0 Å². The van der Waals surface area contributed by atoms with Crippen LogP contribution in [0.2, 0.25) is 5.02 Å². The Bertz CT molecular complexity index is 1490. The number of nitrogens with zero attached hydrogens (tertiary/aromatic N) is 1. The summed E-state index contributed by atoms with van der Waals surface area (Å²) in [5, 5.41) is 3.19. The van der Waals surface area contributed by atoms with Crippen LogP contribution in [-0.2, 0) is 23.2 Å². The van der Waals surface area contributed by atoms with Crippen LogP contribution in [-0.4, -0.2) is 19.4 Å². The number of rotatable bonds is 8. The highest BCUT2D eigenvalue weighted by Crippen LogP contribution is 2.32. The van der Waals surface area contributed by atoms with Gasteiger partial charge in [0.2, 0.25) is 0 Å². The Hall–Kier alpha value is -3.27. The van der Waals surface area contributed by atoms with Gasteiger partial charge in [-0.05, 0) is 67.2 Å². The van der Waals surface area contributed by atoms with Gasteiger partial charge in [-0.2, -0.15) is 0 Å². The summed E-state index contributed by atoms with van der Waals surface area (Å²) in [6.07, 6.45) is 1.42. The Balaban J connectivity index is 1.69. The molecule has 4 aromatic rings. The molecule has 0 aliphatic carbocycles. The third kappa shape index (κ3) is 5.37. The van der Waals surface area contributed by atoms with Crippen molar-refractivity contribution in [1.82, 2.24) is 9.29 Å². The number of benzene rings is 3. The van der Waals surface area contributed by atoms with Crippen molar-refractivity contribution in [2.24, 2.45) is 0 Å². The fourth-order valence-corrected chi connectivity index (χ4v) is 5.23. The Morgan fingerprint density at radius 3 is 2.49 bits per heavy atom. The lowest BCUT2D eigenvalue weighted by molar-refractivity contribution is 0.297. The van der Waals surface area contributed by atoms with Crippen LogP contribution in [0.3, 0.4) is 0 Å². The second kappa shape index (κ2) is 10.2. The average Bonchev–Trinajstić information content (AvgIpc) is 3.24. The third-order valence-electron chi connectivity index (χ3n) is 5.20. The minimum absolute atomic E-state index is 0.0160. The zero-order valence-electron chi connectivity index (χ0n) is 18.4. The number of hydrogen-bond donors (Lipinski definition) is 1. The Kier molecular flexibility index (Phi) is 7.20. The highest BCUT2D eigenvalue weighted by molar-refractivity contribution is 7.90. The Morgan fingerprint density at radius 1 is 0.971 bits per heavy atom. The van der Waals surface area contributed by atoms with Gasteiger partial charge in [0.15, 0.2) is 0 Å².